The average Bonchev–Trinajstić information content (AvgIpc) is 2.12. The number of hydrogen-bond acceptors (Lipinski definition) is 4. The number of carbonyl (C=O) groups is 1. The Kier molecular flexibility index (Phi) is 7.63. The van der Waals surface area contributed by atoms with Crippen LogP contribution in [0, 0.1) is 0 Å². The van der Waals surface area contributed by atoms with E-state index in [-0.39, 0.29) is 6.42 Å². The molecule has 0 aromatic carbocycles. The molecule has 13 heavy (non-hydrogen) atoms. The number of aliphatic hydroxyl groups is 1. The molecule has 0 spiro atoms. The zero-order valence-corrected chi connectivity index (χ0v) is 8.16. The summed E-state index contributed by atoms with van der Waals surface area (Å²) in [4.78, 5) is 11.0. The second-order valence-electron chi connectivity index (χ2n) is 2.97. The first-order valence-corrected chi connectivity index (χ1v) is 4.77. The van der Waals surface area contributed by atoms with Crippen LogP contribution >= 0.6 is 0 Å². The van der Waals surface area contributed by atoms with Gasteiger partial charge >= 0.3 is 5.97 Å². The minimum atomic E-state index is -1.05. The van der Waals surface area contributed by atoms with E-state index in [4.69, 9.17) is 15.6 Å². The van der Waals surface area contributed by atoms with Gasteiger partial charge in [0.15, 0.2) is 6.10 Å². The molecule has 0 saturated carbocycles. The van der Waals surface area contributed by atoms with E-state index in [0.29, 0.717) is 13.2 Å². The molecule has 0 fully saturated rings. The van der Waals surface area contributed by atoms with Crippen molar-refractivity contribution in [2.45, 2.75) is 38.7 Å². The second kappa shape index (κ2) is 8.01. The zero-order valence-electron chi connectivity index (χ0n) is 8.16. The maximum absolute atomic E-state index is 11.0. The van der Waals surface area contributed by atoms with E-state index in [1.54, 1.807) is 0 Å². The lowest BCUT2D eigenvalue weighted by Crippen LogP contribution is -2.26. The molecule has 0 unspecified atom stereocenters. The highest BCUT2D eigenvalue weighted by Gasteiger charge is 2.14. The molecule has 4 heteroatoms. The van der Waals surface area contributed by atoms with Crippen molar-refractivity contribution in [2.75, 3.05) is 13.2 Å². The van der Waals surface area contributed by atoms with Crippen LogP contribution in [0.2, 0.25) is 0 Å². The van der Waals surface area contributed by atoms with Gasteiger partial charge in [-0.05, 0) is 19.4 Å². The van der Waals surface area contributed by atoms with E-state index in [9.17, 15) is 4.79 Å². The van der Waals surface area contributed by atoms with Gasteiger partial charge in [0, 0.05) is 0 Å². The molecule has 0 saturated heterocycles. The van der Waals surface area contributed by atoms with Crippen LogP contribution in [0.4, 0.5) is 0 Å². The fourth-order valence-corrected chi connectivity index (χ4v) is 0.897. The maximum Gasteiger partial charge on any atom is 0.335 e. The third kappa shape index (κ3) is 6.54. The molecule has 0 amide bonds. The number of esters is 1. The van der Waals surface area contributed by atoms with E-state index in [2.05, 4.69) is 6.92 Å². The van der Waals surface area contributed by atoms with Gasteiger partial charge in [-0.3, -0.25) is 0 Å². The van der Waals surface area contributed by atoms with Gasteiger partial charge in [-0.15, -0.1) is 0 Å². The first kappa shape index (κ1) is 12.4. The smallest absolute Gasteiger partial charge is 0.335 e. The van der Waals surface area contributed by atoms with Crippen LogP contribution in [0.15, 0.2) is 0 Å². The predicted octanol–water partition coefficient (Wildman–Crippen LogP) is 0.430. The Bertz CT molecular complexity index is 139. The molecule has 0 aliphatic carbocycles. The van der Waals surface area contributed by atoms with Gasteiger partial charge in [-0.1, -0.05) is 19.8 Å². The third-order valence-corrected chi connectivity index (χ3v) is 1.70. The van der Waals surface area contributed by atoms with Crippen LogP contribution in [0.25, 0.3) is 0 Å². The summed E-state index contributed by atoms with van der Waals surface area (Å²) in [6, 6.07) is 0. The van der Waals surface area contributed by atoms with E-state index in [1.807, 2.05) is 0 Å². The van der Waals surface area contributed by atoms with Crippen LogP contribution in [0.3, 0.4) is 0 Å². The van der Waals surface area contributed by atoms with Crippen molar-refractivity contribution in [3.8, 4) is 0 Å². The Labute approximate surface area is 79.1 Å². The van der Waals surface area contributed by atoms with Crippen LogP contribution < -0.4 is 5.73 Å². The molecule has 3 N–H and O–H groups in total. The Morgan fingerprint density at radius 2 is 2.23 bits per heavy atom. The van der Waals surface area contributed by atoms with Gasteiger partial charge in [-0.2, -0.15) is 0 Å². The first-order chi connectivity index (χ1) is 6.22. The molecule has 4 nitrogen and oxygen atoms in total. The number of rotatable bonds is 7. The fraction of sp³-hybridized carbons (Fsp3) is 0.889. The highest BCUT2D eigenvalue weighted by atomic mass is 16.5. The molecule has 78 valence electrons. The monoisotopic (exact) mass is 189 g/mol. The summed E-state index contributed by atoms with van der Waals surface area (Å²) >= 11 is 0. The van der Waals surface area contributed by atoms with E-state index in [0.717, 1.165) is 19.3 Å². The molecule has 0 aliphatic rings. The van der Waals surface area contributed by atoms with E-state index >= 15 is 0 Å². The molecule has 0 heterocycles. The summed E-state index contributed by atoms with van der Waals surface area (Å²) in [5.41, 5.74) is 5.18. The van der Waals surface area contributed by atoms with Crippen LogP contribution in [0.5, 0.6) is 0 Å². The molecular weight excluding hydrogens is 170 g/mol. The Hall–Kier alpha value is -0.610. The number of ether oxygens (including phenoxy) is 1. The highest BCUT2D eigenvalue weighted by Crippen LogP contribution is 1.98. The Morgan fingerprint density at radius 3 is 2.77 bits per heavy atom. The summed E-state index contributed by atoms with van der Waals surface area (Å²) in [6.07, 6.45) is 2.21. The van der Waals surface area contributed by atoms with Crippen molar-refractivity contribution in [1.29, 1.82) is 0 Å². The van der Waals surface area contributed by atoms with Crippen molar-refractivity contribution in [2.24, 2.45) is 5.73 Å². The molecule has 0 bridgehead atoms. The van der Waals surface area contributed by atoms with Gasteiger partial charge in [-0.25, -0.2) is 4.79 Å². The molecule has 1 atom stereocenters. The molecule has 0 rings (SSSR count). The summed E-state index contributed by atoms with van der Waals surface area (Å²) in [7, 11) is 0. The van der Waals surface area contributed by atoms with Crippen LogP contribution in [0.1, 0.15) is 32.6 Å². The first-order valence-electron chi connectivity index (χ1n) is 4.77. The molecular formula is C9H19NO3. The molecule has 0 aliphatic heterocycles. The van der Waals surface area contributed by atoms with Crippen molar-refractivity contribution in [3.05, 3.63) is 0 Å². The normalized spacial score (nSPS) is 12.5. The third-order valence-electron chi connectivity index (χ3n) is 1.70. The molecule has 0 radical (unpaired) electrons. The lowest BCUT2D eigenvalue weighted by Gasteiger charge is -2.08. The molecule has 0 aromatic rings. The van der Waals surface area contributed by atoms with Crippen LogP contribution in [-0.4, -0.2) is 30.3 Å². The SMILES string of the molecule is CCCCCOC(=O)[C@@H](O)CCN. The summed E-state index contributed by atoms with van der Waals surface area (Å²) in [6.45, 7) is 2.77. The number of nitrogens with two attached hydrogens (primary N) is 1. The van der Waals surface area contributed by atoms with Gasteiger partial charge in [0.2, 0.25) is 0 Å². The summed E-state index contributed by atoms with van der Waals surface area (Å²) in [5.74, 6) is -0.554. The fourth-order valence-electron chi connectivity index (χ4n) is 0.897. The number of carbonyl (C=O) groups excluding carboxylic acids is 1. The number of unbranched alkanes of at least 4 members (excludes halogenated alkanes) is 2. The second-order valence-corrected chi connectivity index (χ2v) is 2.97. The zero-order chi connectivity index (χ0) is 10.1. The minimum absolute atomic E-state index is 0.270. The highest BCUT2D eigenvalue weighted by molar-refractivity contribution is 5.74. The maximum atomic E-state index is 11.0. The standard InChI is InChI=1S/C9H19NO3/c1-2-3-4-7-13-9(12)8(11)5-6-10/h8,11H,2-7,10H2,1H3/t8-/m0/s1. The van der Waals surface area contributed by atoms with E-state index < -0.39 is 12.1 Å². The van der Waals surface area contributed by atoms with Crippen molar-refractivity contribution in [1.82, 2.24) is 0 Å². The van der Waals surface area contributed by atoms with Crippen molar-refractivity contribution in [3.63, 3.8) is 0 Å². The predicted molar refractivity (Wildman–Crippen MR) is 50.2 cm³/mol. The number of hydrogen-bond donors (Lipinski definition) is 2. The summed E-state index contributed by atoms with van der Waals surface area (Å²) in [5, 5.41) is 9.12. The molecule has 0 aromatic heterocycles. The van der Waals surface area contributed by atoms with E-state index in [1.165, 1.54) is 0 Å². The lowest BCUT2D eigenvalue weighted by atomic mass is 10.2. The Morgan fingerprint density at radius 1 is 1.54 bits per heavy atom. The minimum Gasteiger partial charge on any atom is -0.464 e. The number of aliphatic hydroxyl groups excluding tert-OH is 1. The van der Waals surface area contributed by atoms with Gasteiger partial charge in [0.25, 0.3) is 0 Å². The van der Waals surface area contributed by atoms with Crippen LogP contribution in [-0.2, 0) is 9.53 Å². The van der Waals surface area contributed by atoms with Crippen molar-refractivity contribution >= 4 is 5.97 Å². The summed E-state index contributed by atoms with van der Waals surface area (Å²) < 4.78 is 4.81. The van der Waals surface area contributed by atoms with Gasteiger partial charge < -0.3 is 15.6 Å². The average molecular weight is 189 g/mol. The topological polar surface area (TPSA) is 72.5 Å². The Balaban J connectivity index is 3.38. The van der Waals surface area contributed by atoms with Crippen molar-refractivity contribution < 1.29 is 14.6 Å². The van der Waals surface area contributed by atoms with Gasteiger partial charge in [0.05, 0.1) is 6.61 Å². The van der Waals surface area contributed by atoms with Gasteiger partial charge in [0.1, 0.15) is 0 Å². The lowest BCUT2D eigenvalue weighted by molar-refractivity contribution is -0.153. The quantitative estimate of drug-likeness (QED) is 0.450. The largest absolute Gasteiger partial charge is 0.464 e.